The fourth-order valence-electron chi connectivity index (χ4n) is 5.63. The Morgan fingerprint density at radius 1 is 1.05 bits per heavy atom. The minimum Gasteiger partial charge on any atom is -0.0884 e. The number of thiocarbonyl (C=S) groups is 1. The number of rotatable bonds is 0. The molecule has 2 saturated carbocycles. The van der Waals surface area contributed by atoms with Gasteiger partial charge in [-0.2, -0.15) is 0 Å². The molecule has 0 aliphatic heterocycles. The predicted octanol–water partition coefficient (Wildman–Crippen LogP) is 4.60. The minimum absolute atomic E-state index is 0.287. The van der Waals surface area contributed by atoms with E-state index >= 15 is 0 Å². The third-order valence-electron chi connectivity index (χ3n) is 6.98. The Morgan fingerprint density at radius 3 is 2.11 bits per heavy atom. The standard InChI is InChI=1S/C18H22S/c1-16(2)14-8-9-17(16,3)15(19)18(14)10-12-6-4-5-7-13(12)11-18/h4-7,14H,8-11H2,1-3H3. The normalized spacial score (nSPS) is 37.0. The molecule has 0 nitrogen and oxygen atoms in total. The lowest BCUT2D eigenvalue weighted by Crippen LogP contribution is -2.39. The van der Waals surface area contributed by atoms with E-state index in [0.717, 1.165) is 5.92 Å². The van der Waals surface area contributed by atoms with Crippen molar-refractivity contribution < 1.29 is 0 Å². The van der Waals surface area contributed by atoms with E-state index in [0.29, 0.717) is 10.8 Å². The molecule has 1 aromatic rings. The van der Waals surface area contributed by atoms with Crippen molar-refractivity contribution in [1.29, 1.82) is 0 Å². The second kappa shape index (κ2) is 3.31. The molecule has 0 heterocycles. The van der Waals surface area contributed by atoms with Crippen molar-refractivity contribution in [3.05, 3.63) is 35.4 Å². The van der Waals surface area contributed by atoms with E-state index in [2.05, 4.69) is 45.0 Å². The van der Waals surface area contributed by atoms with Crippen molar-refractivity contribution in [3.63, 3.8) is 0 Å². The Labute approximate surface area is 121 Å². The Hall–Kier alpha value is -0.690. The summed E-state index contributed by atoms with van der Waals surface area (Å²) in [6.07, 6.45) is 5.08. The van der Waals surface area contributed by atoms with E-state index in [1.165, 1.54) is 30.5 Å². The van der Waals surface area contributed by atoms with Crippen LogP contribution in [-0.4, -0.2) is 4.86 Å². The molecule has 4 rings (SSSR count). The van der Waals surface area contributed by atoms with Gasteiger partial charge < -0.3 is 0 Å². The van der Waals surface area contributed by atoms with Crippen molar-refractivity contribution in [2.45, 2.75) is 46.5 Å². The fraction of sp³-hybridized carbons (Fsp3) is 0.611. The zero-order valence-corrected chi connectivity index (χ0v) is 12.9. The van der Waals surface area contributed by atoms with Crippen molar-refractivity contribution in [2.24, 2.45) is 22.2 Å². The van der Waals surface area contributed by atoms with E-state index in [1.807, 2.05) is 0 Å². The highest BCUT2D eigenvalue weighted by Gasteiger charge is 2.70. The third-order valence-corrected chi connectivity index (χ3v) is 7.83. The van der Waals surface area contributed by atoms with Gasteiger partial charge in [0.15, 0.2) is 0 Å². The second-order valence-corrected chi connectivity index (χ2v) is 8.16. The summed E-state index contributed by atoms with van der Waals surface area (Å²) in [7, 11) is 0. The van der Waals surface area contributed by atoms with E-state index < -0.39 is 0 Å². The average Bonchev–Trinajstić information content (AvgIpc) is 2.88. The highest BCUT2D eigenvalue weighted by molar-refractivity contribution is 7.80. The summed E-state index contributed by atoms with van der Waals surface area (Å²) >= 11 is 6.05. The maximum absolute atomic E-state index is 6.05. The van der Waals surface area contributed by atoms with Gasteiger partial charge in [0.1, 0.15) is 0 Å². The lowest BCUT2D eigenvalue weighted by molar-refractivity contribution is 0.142. The average molecular weight is 270 g/mol. The van der Waals surface area contributed by atoms with Crippen LogP contribution in [0.5, 0.6) is 0 Å². The number of hydrogen-bond acceptors (Lipinski definition) is 1. The van der Waals surface area contributed by atoms with Gasteiger partial charge >= 0.3 is 0 Å². The molecule has 2 unspecified atom stereocenters. The van der Waals surface area contributed by atoms with Crippen LogP contribution in [0, 0.1) is 22.2 Å². The second-order valence-electron chi connectivity index (χ2n) is 7.75. The van der Waals surface area contributed by atoms with Crippen LogP contribution in [0.3, 0.4) is 0 Å². The molecule has 0 radical (unpaired) electrons. The zero-order chi connectivity index (χ0) is 13.5. The largest absolute Gasteiger partial charge is 0.0884 e. The highest BCUT2D eigenvalue weighted by atomic mass is 32.1. The molecule has 0 saturated heterocycles. The monoisotopic (exact) mass is 270 g/mol. The molecule has 2 atom stereocenters. The van der Waals surface area contributed by atoms with Gasteiger partial charge in [0.2, 0.25) is 0 Å². The molecule has 3 aliphatic carbocycles. The Bertz CT molecular complexity index is 558. The molecular weight excluding hydrogens is 248 g/mol. The van der Waals surface area contributed by atoms with E-state index in [4.69, 9.17) is 12.2 Å². The summed E-state index contributed by atoms with van der Waals surface area (Å²) < 4.78 is 0. The van der Waals surface area contributed by atoms with Gasteiger partial charge in [-0.1, -0.05) is 57.3 Å². The van der Waals surface area contributed by atoms with Gasteiger partial charge in [-0.15, -0.1) is 0 Å². The highest BCUT2D eigenvalue weighted by Crippen LogP contribution is 2.73. The van der Waals surface area contributed by atoms with Crippen molar-refractivity contribution >= 4 is 17.1 Å². The lowest BCUT2D eigenvalue weighted by Gasteiger charge is -2.37. The van der Waals surface area contributed by atoms with Crippen LogP contribution >= 0.6 is 12.2 Å². The molecule has 2 bridgehead atoms. The smallest absolute Gasteiger partial charge is 0.0137 e. The molecule has 3 aliphatic rings. The fourth-order valence-corrected chi connectivity index (χ4v) is 6.28. The van der Waals surface area contributed by atoms with Crippen molar-refractivity contribution in [1.82, 2.24) is 0 Å². The summed E-state index contributed by atoms with van der Waals surface area (Å²) in [6, 6.07) is 8.99. The Morgan fingerprint density at radius 2 is 1.63 bits per heavy atom. The first-order valence-corrected chi connectivity index (χ1v) is 7.94. The molecule has 100 valence electrons. The Kier molecular flexibility index (Phi) is 2.10. The molecule has 1 heteroatoms. The Balaban J connectivity index is 1.86. The summed E-state index contributed by atoms with van der Waals surface area (Å²) in [4.78, 5) is 1.40. The van der Waals surface area contributed by atoms with E-state index in [1.54, 1.807) is 11.1 Å². The molecule has 2 fully saturated rings. The van der Waals surface area contributed by atoms with Gasteiger partial charge in [-0.3, -0.25) is 0 Å². The zero-order valence-electron chi connectivity index (χ0n) is 12.1. The summed E-state index contributed by atoms with van der Waals surface area (Å²) in [6.45, 7) is 7.37. The molecule has 1 aromatic carbocycles. The van der Waals surface area contributed by atoms with Crippen molar-refractivity contribution in [3.8, 4) is 0 Å². The first kappa shape index (κ1) is 12.1. The quantitative estimate of drug-likeness (QED) is 0.621. The summed E-state index contributed by atoms with van der Waals surface area (Å²) in [5.41, 5.74) is 4.07. The van der Waals surface area contributed by atoms with Gasteiger partial charge in [0.25, 0.3) is 0 Å². The van der Waals surface area contributed by atoms with Gasteiger partial charge in [-0.05, 0) is 48.1 Å². The lowest BCUT2D eigenvalue weighted by atomic mass is 9.68. The molecule has 0 aromatic heterocycles. The first-order valence-electron chi connectivity index (χ1n) is 7.53. The van der Waals surface area contributed by atoms with E-state index in [-0.39, 0.29) is 5.41 Å². The SMILES string of the molecule is CC12CCC(C3(Cc4ccccc4C3)C1=S)C2(C)C. The van der Waals surface area contributed by atoms with Gasteiger partial charge in [-0.25, -0.2) is 0 Å². The van der Waals surface area contributed by atoms with E-state index in [9.17, 15) is 0 Å². The molecule has 1 spiro atoms. The maximum atomic E-state index is 6.05. The van der Waals surface area contributed by atoms with Crippen LogP contribution in [-0.2, 0) is 12.8 Å². The van der Waals surface area contributed by atoms with Crippen molar-refractivity contribution in [2.75, 3.05) is 0 Å². The van der Waals surface area contributed by atoms with Crippen LogP contribution < -0.4 is 0 Å². The maximum Gasteiger partial charge on any atom is 0.0137 e. The third kappa shape index (κ3) is 1.15. The van der Waals surface area contributed by atoms with Crippen LogP contribution in [0.4, 0.5) is 0 Å². The van der Waals surface area contributed by atoms with Crippen LogP contribution in [0.2, 0.25) is 0 Å². The van der Waals surface area contributed by atoms with Crippen LogP contribution in [0.15, 0.2) is 24.3 Å². The van der Waals surface area contributed by atoms with Crippen LogP contribution in [0.25, 0.3) is 0 Å². The molecular formula is C18H22S. The predicted molar refractivity (Wildman–Crippen MR) is 83.5 cm³/mol. The number of benzene rings is 1. The first-order chi connectivity index (χ1) is 8.92. The number of fused-ring (bicyclic) bond motifs is 4. The summed E-state index contributed by atoms with van der Waals surface area (Å²) in [5.74, 6) is 0.782. The van der Waals surface area contributed by atoms with Gasteiger partial charge in [0, 0.05) is 15.7 Å². The van der Waals surface area contributed by atoms with Crippen LogP contribution in [0.1, 0.15) is 44.7 Å². The minimum atomic E-state index is 0.287. The summed E-state index contributed by atoms with van der Waals surface area (Å²) in [5, 5.41) is 0. The molecule has 19 heavy (non-hydrogen) atoms. The van der Waals surface area contributed by atoms with Gasteiger partial charge in [0.05, 0.1) is 0 Å². The molecule has 0 N–H and O–H groups in total. The molecule has 0 amide bonds. The topological polar surface area (TPSA) is 0 Å². The number of hydrogen-bond donors (Lipinski definition) is 0.